The van der Waals surface area contributed by atoms with Crippen molar-refractivity contribution in [2.45, 2.75) is 52.2 Å². The molecule has 1 aromatic rings. The van der Waals surface area contributed by atoms with Gasteiger partial charge in [-0.15, -0.1) is 0 Å². The van der Waals surface area contributed by atoms with Crippen molar-refractivity contribution in [3.63, 3.8) is 0 Å². The van der Waals surface area contributed by atoms with E-state index in [0.29, 0.717) is 42.8 Å². The number of piperidine rings is 2. The van der Waals surface area contributed by atoms with Gasteiger partial charge in [0.25, 0.3) is 0 Å². The summed E-state index contributed by atoms with van der Waals surface area (Å²) in [7, 11) is 0. The molecule has 0 saturated carbocycles. The van der Waals surface area contributed by atoms with Crippen LogP contribution in [0, 0.1) is 23.2 Å². The molecule has 4 amide bonds. The van der Waals surface area contributed by atoms with Gasteiger partial charge < -0.3 is 24.6 Å². The normalized spacial score (nSPS) is 20.6. The van der Waals surface area contributed by atoms with Gasteiger partial charge >= 0.3 is 12.1 Å². The Hall–Kier alpha value is -3.32. The molecule has 3 atom stereocenters. The number of urea groups is 1. The summed E-state index contributed by atoms with van der Waals surface area (Å²) in [5, 5.41) is 14.4. The van der Waals surface area contributed by atoms with E-state index >= 15 is 0 Å². The van der Waals surface area contributed by atoms with Gasteiger partial charge in [-0.25, -0.2) is 9.59 Å². The van der Waals surface area contributed by atoms with Gasteiger partial charge in [0.2, 0.25) is 5.91 Å². The minimum atomic E-state index is -0.617. The average molecular weight is 500 g/mol. The highest BCUT2D eigenvalue weighted by atomic mass is 16.6. The second-order valence-electron chi connectivity index (χ2n) is 10.6. The number of alkyl carbamates (subject to hydrolysis) is 1. The Kier molecular flexibility index (Phi) is 9.15. The van der Waals surface area contributed by atoms with Crippen molar-refractivity contribution >= 4 is 18.0 Å². The molecule has 2 aliphatic rings. The molecule has 2 aliphatic heterocycles. The molecule has 2 fully saturated rings. The van der Waals surface area contributed by atoms with E-state index in [1.165, 1.54) is 0 Å². The third-order valence-electron chi connectivity index (χ3n) is 6.15. The Morgan fingerprint density at radius 3 is 2.31 bits per heavy atom. The zero-order valence-corrected chi connectivity index (χ0v) is 21.6. The van der Waals surface area contributed by atoms with Crippen LogP contribution in [-0.2, 0) is 9.53 Å². The van der Waals surface area contributed by atoms with Gasteiger partial charge in [0.05, 0.1) is 17.7 Å². The van der Waals surface area contributed by atoms with Crippen molar-refractivity contribution in [1.29, 1.82) is 5.26 Å². The largest absolute Gasteiger partial charge is 0.491 e. The van der Waals surface area contributed by atoms with Crippen LogP contribution in [0.5, 0.6) is 5.75 Å². The summed E-state index contributed by atoms with van der Waals surface area (Å²) in [5.41, 5.74) is -0.0686. The second-order valence-corrected chi connectivity index (χ2v) is 10.6. The van der Waals surface area contributed by atoms with Crippen molar-refractivity contribution in [3.8, 4) is 11.8 Å². The molecule has 2 heterocycles. The van der Waals surface area contributed by atoms with Gasteiger partial charge in [-0.2, -0.15) is 5.26 Å². The second kappa shape index (κ2) is 12.1. The summed E-state index contributed by atoms with van der Waals surface area (Å²) in [4.78, 5) is 40.6. The van der Waals surface area contributed by atoms with E-state index in [4.69, 9.17) is 14.7 Å². The molecule has 2 bridgehead atoms. The fourth-order valence-electron chi connectivity index (χ4n) is 4.74. The molecule has 10 heteroatoms. The number of likely N-dealkylation sites (tertiary alicyclic amines) is 2. The van der Waals surface area contributed by atoms with Crippen LogP contribution >= 0.6 is 0 Å². The molecule has 0 spiro atoms. The van der Waals surface area contributed by atoms with Crippen LogP contribution in [0.15, 0.2) is 24.3 Å². The number of imide groups is 1. The Morgan fingerprint density at radius 1 is 1.11 bits per heavy atom. The van der Waals surface area contributed by atoms with Crippen molar-refractivity contribution in [2.24, 2.45) is 11.8 Å². The number of fused-ring (bicyclic) bond motifs is 2. The zero-order valence-electron chi connectivity index (χ0n) is 21.6. The number of ether oxygens (including phenoxy) is 2. The minimum absolute atomic E-state index is 0.241. The first-order valence-electron chi connectivity index (χ1n) is 12.5. The lowest BCUT2D eigenvalue weighted by Crippen LogP contribution is -2.58. The topological polar surface area (TPSA) is 124 Å². The van der Waals surface area contributed by atoms with Crippen LogP contribution in [0.1, 0.15) is 46.1 Å². The van der Waals surface area contributed by atoms with Crippen LogP contribution in [0.2, 0.25) is 0 Å². The molecule has 2 N–H and O–H groups in total. The number of nitriles is 1. The van der Waals surface area contributed by atoms with Gasteiger partial charge in [0.15, 0.2) is 0 Å². The first-order valence-corrected chi connectivity index (χ1v) is 12.5. The maximum atomic E-state index is 12.5. The highest BCUT2D eigenvalue weighted by molar-refractivity contribution is 5.94. The maximum Gasteiger partial charge on any atom is 0.408 e. The molecule has 10 nitrogen and oxygen atoms in total. The fourth-order valence-corrected chi connectivity index (χ4v) is 4.74. The summed E-state index contributed by atoms with van der Waals surface area (Å²) in [6.45, 7) is 10.7. The average Bonchev–Trinajstić information content (AvgIpc) is 2.80. The Balaban J connectivity index is 1.60. The third kappa shape index (κ3) is 8.41. The van der Waals surface area contributed by atoms with E-state index in [9.17, 15) is 14.4 Å². The SMILES string of the molecule is CCC(=O)NC(=O)N1CC2CC(CN(CC(COc3ccc(C#N)cc3)NC(=O)OC(C)(C)C)C2)C1. The number of hydrogen-bond donors (Lipinski definition) is 2. The lowest BCUT2D eigenvalue weighted by molar-refractivity contribution is -0.120. The molecule has 1 aromatic carbocycles. The number of nitrogens with zero attached hydrogens (tertiary/aromatic N) is 3. The van der Waals surface area contributed by atoms with Crippen molar-refractivity contribution in [3.05, 3.63) is 29.8 Å². The number of benzene rings is 1. The summed E-state index contributed by atoms with van der Waals surface area (Å²) in [6, 6.07) is 8.29. The molecule has 0 radical (unpaired) electrons. The van der Waals surface area contributed by atoms with E-state index in [1.54, 1.807) is 36.1 Å². The van der Waals surface area contributed by atoms with Crippen LogP contribution in [0.3, 0.4) is 0 Å². The van der Waals surface area contributed by atoms with Gasteiger partial charge in [0, 0.05) is 39.1 Å². The number of carbonyl (C=O) groups is 3. The smallest absolute Gasteiger partial charge is 0.408 e. The first-order chi connectivity index (χ1) is 17.0. The quantitative estimate of drug-likeness (QED) is 0.591. The predicted molar refractivity (Wildman–Crippen MR) is 133 cm³/mol. The molecule has 196 valence electrons. The number of rotatable bonds is 7. The van der Waals surface area contributed by atoms with Gasteiger partial charge in [-0.05, 0) is 63.3 Å². The molecule has 2 saturated heterocycles. The summed E-state index contributed by atoms with van der Waals surface area (Å²) in [6.07, 6.45) is 0.807. The van der Waals surface area contributed by atoms with Crippen LogP contribution in [0.25, 0.3) is 0 Å². The third-order valence-corrected chi connectivity index (χ3v) is 6.15. The summed E-state index contributed by atoms with van der Waals surface area (Å²) >= 11 is 0. The van der Waals surface area contributed by atoms with Crippen molar-refractivity contribution in [2.75, 3.05) is 39.3 Å². The van der Waals surface area contributed by atoms with Crippen LogP contribution in [-0.4, -0.2) is 78.8 Å². The Bertz CT molecular complexity index is 954. The van der Waals surface area contributed by atoms with Gasteiger partial charge in [-0.1, -0.05) is 6.92 Å². The Morgan fingerprint density at radius 2 is 1.75 bits per heavy atom. The van der Waals surface area contributed by atoms with E-state index in [2.05, 4.69) is 21.6 Å². The number of nitrogens with one attached hydrogen (secondary N) is 2. The molecule has 0 aliphatic carbocycles. The number of amides is 4. The van der Waals surface area contributed by atoms with E-state index < -0.39 is 11.7 Å². The maximum absolute atomic E-state index is 12.5. The monoisotopic (exact) mass is 499 g/mol. The van der Waals surface area contributed by atoms with E-state index in [0.717, 1.165) is 19.5 Å². The fraction of sp³-hybridized carbons (Fsp3) is 0.615. The first kappa shape index (κ1) is 27.3. The van der Waals surface area contributed by atoms with E-state index in [-0.39, 0.29) is 31.0 Å². The summed E-state index contributed by atoms with van der Waals surface area (Å²) in [5.74, 6) is 0.933. The Labute approximate surface area is 212 Å². The van der Waals surface area contributed by atoms with Crippen molar-refractivity contribution in [1.82, 2.24) is 20.4 Å². The molecule has 0 aromatic heterocycles. The summed E-state index contributed by atoms with van der Waals surface area (Å²) < 4.78 is 11.4. The van der Waals surface area contributed by atoms with Crippen LogP contribution < -0.4 is 15.4 Å². The molecular weight excluding hydrogens is 462 g/mol. The predicted octanol–water partition coefficient (Wildman–Crippen LogP) is 2.73. The van der Waals surface area contributed by atoms with Gasteiger partial charge in [-0.3, -0.25) is 10.1 Å². The molecular formula is C26H37N5O5. The van der Waals surface area contributed by atoms with Crippen LogP contribution in [0.4, 0.5) is 9.59 Å². The highest BCUT2D eigenvalue weighted by Gasteiger charge is 2.37. The highest BCUT2D eigenvalue weighted by Crippen LogP contribution is 2.29. The van der Waals surface area contributed by atoms with Gasteiger partial charge in [0.1, 0.15) is 18.0 Å². The number of carbonyl (C=O) groups excluding carboxylic acids is 3. The number of hydrogen-bond acceptors (Lipinski definition) is 7. The van der Waals surface area contributed by atoms with E-state index in [1.807, 2.05) is 20.8 Å². The minimum Gasteiger partial charge on any atom is -0.491 e. The molecule has 36 heavy (non-hydrogen) atoms. The lowest BCUT2D eigenvalue weighted by Gasteiger charge is -2.46. The standard InChI is InChI=1S/C26H37N5O5/c1-5-23(32)29-24(33)31-14-19-10-20(15-31)13-30(12-19)16-21(28-25(34)36-26(2,3)4)17-35-22-8-6-18(11-27)7-9-22/h6-9,19-21H,5,10,12-17H2,1-4H3,(H,28,34)(H,29,32,33). The molecule has 3 rings (SSSR count). The lowest BCUT2D eigenvalue weighted by atomic mass is 9.84. The zero-order chi connectivity index (χ0) is 26.3. The van der Waals surface area contributed by atoms with Crippen molar-refractivity contribution < 1.29 is 23.9 Å². The molecule has 3 unspecified atom stereocenters.